The molecular formula is C9H6N4O. The van der Waals surface area contributed by atoms with Gasteiger partial charge in [0, 0.05) is 10.9 Å². The van der Waals surface area contributed by atoms with Crippen molar-refractivity contribution in [3.63, 3.8) is 0 Å². The third-order valence-corrected chi connectivity index (χ3v) is 2.05. The zero-order valence-electron chi connectivity index (χ0n) is 7.14. The predicted molar refractivity (Wildman–Crippen MR) is 49.4 cm³/mol. The van der Waals surface area contributed by atoms with E-state index in [0.29, 0.717) is 0 Å². The maximum Gasteiger partial charge on any atom is 0.122 e. The molecule has 0 radical (unpaired) electrons. The Morgan fingerprint density at radius 2 is 2.29 bits per heavy atom. The minimum absolute atomic E-state index is 0.758. The second kappa shape index (κ2) is 2.66. The van der Waals surface area contributed by atoms with Gasteiger partial charge in [0.15, 0.2) is 0 Å². The van der Waals surface area contributed by atoms with Gasteiger partial charge in [-0.2, -0.15) is 10.2 Å². The molecule has 3 heterocycles. The van der Waals surface area contributed by atoms with Crippen LogP contribution >= 0.6 is 0 Å². The van der Waals surface area contributed by atoms with E-state index in [1.165, 1.54) is 0 Å². The Bertz CT molecular complexity index is 555. The van der Waals surface area contributed by atoms with Crippen LogP contribution in [0.5, 0.6) is 0 Å². The average Bonchev–Trinajstić information content (AvgIpc) is 2.88. The zero-order valence-corrected chi connectivity index (χ0v) is 7.14. The van der Waals surface area contributed by atoms with E-state index in [9.17, 15) is 0 Å². The van der Waals surface area contributed by atoms with Crippen molar-refractivity contribution in [2.45, 2.75) is 0 Å². The molecule has 0 bridgehead atoms. The fourth-order valence-corrected chi connectivity index (χ4v) is 1.38. The Morgan fingerprint density at radius 3 is 3.14 bits per heavy atom. The average molecular weight is 186 g/mol. The Kier molecular flexibility index (Phi) is 1.38. The predicted octanol–water partition coefficient (Wildman–Crippen LogP) is 1.61. The van der Waals surface area contributed by atoms with E-state index in [-0.39, 0.29) is 0 Å². The topological polar surface area (TPSA) is 67.6 Å². The lowest BCUT2D eigenvalue weighted by molar-refractivity contribution is 0.568. The van der Waals surface area contributed by atoms with E-state index in [4.69, 9.17) is 4.42 Å². The summed E-state index contributed by atoms with van der Waals surface area (Å²) in [6.07, 6.45) is 6.62. The van der Waals surface area contributed by atoms with Gasteiger partial charge in [-0.25, -0.2) is 0 Å². The first-order chi connectivity index (χ1) is 6.95. The van der Waals surface area contributed by atoms with Crippen molar-refractivity contribution in [2.24, 2.45) is 0 Å². The number of hydrogen-bond donors (Lipinski definition) is 1. The SMILES string of the molecule is c1cc(-c2nncc3cn[nH]c23)co1. The van der Waals surface area contributed by atoms with Gasteiger partial charge >= 0.3 is 0 Å². The normalized spacial score (nSPS) is 10.9. The van der Waals surface area contributed by atoms with Crippen LogP contribution in [-0.4, -0.2) is 20.4 Å². The molecule has 0 aliphatic carbocycles. The molecule has 0 spiro atoms. The van der Waals surface area contributed by atoms with Crippen LogP contribution in [0.4, 0.5) is 0 Å². The number of rotatable bonds is 1. The molecular weight excluding hydrogens is 180 g/mol. The van der Waals surface area contributed by atoms with Crippen LogP contribution in [0.2, 0.25) is 0 Å². The lowest BCUT2D eigenvalue weighted by atomic mass is 10.2. The number of aromatic amines is 1. The fraction of sp³-hybridized carbons (Fsp3) is 0. The molecule has 3 aromatic rings. The Balaban J connectivity index is 2.36. The summed E-state index contributed by atoms with van der Waals surface area (Å²) in [5.74, 6) is 0. The van der Waals surface area contributed by atoms with Gasteiger partial charge in [0.05, 0.1) is 30.4 Å². The quantitative estimate of drug-likeness (QED) is 0.626. The number of H-pyrrole nitrogens is 1. The largest absolute Gasteiger partial charge is 0.472 e. The first-order valence-corrected chi connectivity index (χ1v) is 4.12. The summed E-state index contributed by atoms with van der Waals surface area (Å²) in [6, 6.07) is 1.84. The van der Waals surface area contributed by atoms with Gasteiger partial charge in [0.1, 0.15) is 5.69 Å². The lowest BCUT2D eigenvalue weighted by Gasteiger charge is -1.95. The lowest BCUT2D eigenvalue weighted by Crippen LogP contribution is -1.86. The van der Waals surface area contributed by atoms with Gasteiger partial charge in [-0.15, -0.1) is 5.10 Å². The van der Waals surface area contributed by atoms with Crippen LogP contribution in [0.3, 0.4) is 0 Å². The summed E-state index contributed by atoms with van der Waals surface area (Å²) in [5, 5.41) is 15.7. The maximum atomic E-state index is 4.99. The maximum absolute atomic E-state index is 4.99. The van der Waals surface area contributed by atoms with Gasteiger partial charge in [-0.05, 0) is 6.07 Å². The third kappa shape index (κ3) is 0.922. The highest BCUT2D eigenvalue weighted by atomic mass is 16.3. The van der Waals surface area contributed by atoms with Crippen molar-refractivity contribution in [3.05, 3.63) is 31.0 Å². The van der Waals surface area contributed by atoms with Gasteiger partial charge in [0.2, 0.25) is 0 Å². The monoisotopic (exact) mass is 186 g/mol. The number of aromatic nitrogens is 4. The van der Waals surface area contributed by atoms with Crippen molar-refractivity contribution in [1.29, 1.82) is 0 Å². The molecule has 1 N–H and O–H groups in total. The summed E-state index contributed by atoms with van der Waals surface area (Å²) in [5.41, 5.74) is 2.53. The molecule has 0 amide bonds. The number of hydrogen-bond acceptors (Lipinski definition) is 4. The van der Waals surface area contributed by atoms with Gasteiger partial charge in [0.25, 0.3) is 0 Å². The smallest absolute Gasteiger partial charge is 0.122 e. The number of furan rings is 1. The van der Waals surface area contributed by atoms with Crippen LogP contribution in [0.25, 0.3) is 22.2 Å². The molecule has 0 aromatic carbocycles. The number of nitrogens with one attached hydrogen (secondary N) is 1. The first kappa shape index (κ1) is 7.25. The molecule has 0 aliphatic heterocycles. The summed E-state index contributed by atoms with van der Waals surface area (Å²) in [7, 11) is 0. The molecule has 0 aliphatic rings. The second-order valence-corrected chi connectivity index (χ2v) is 2.91. The van der Waals surface area contributed by atoms with Crippen LogP contribution in [0, 0.1) is 0 Å². The highest BCUT2D eigenvalue weighted by Crippen LogP contribution is 2.23. The highest BCUT2D eigenvalue weighted by Gasteiger charge is 2.08. The van der Waals surface area contributed by atoms with Crippen molar-refractivity contribution >= 4 is 10.9 Å². The molecule has 5 nitrogen and oxygen atoms in total. The van der Waals surface area contributed by atoms with E-state index in [1.54, 1.807) is 24.9 Å². The van der Waals surface area contributed by atoms with E-state index in [1.807, 2.05) is 6.07 Å². The zero-order chi connectivity index (χ0) is 9.38. The van der Waals surface area contributed by atoms with Crippen molar-refractivity contribution in [1.82, 2.24) is 20.4 Å². The number of nitrogens with zero attached hydrogens (tertiary/aromatic N) is 3. The number of fused-ring (bicyclic) bond motifs is 1. The van der Waals surface area contributed by atoms with E-state index >= 15 is 0 Å². The van der Waals surface area contributed by atoms with E-state index < -0.39 is 0 Å². The Morgan fingerprint density at radius 1 is 1.29 bits per heavy atom. The summed E-state index contributed by atoms with van der Waals surface area (Å²) in [6.45, 7) is 0. The molecule has 0 unspecified atom stereocenters. The third-order valence-electron chi connectivity index (χ3n) is 2.05. The minimum Gasteiger partial charge on any atom is -0.472 e. The van der Waals surface area contributed by atoms with Crippen molar-refractivity contribution < 1.29 is 4.42 Å². The second-order valence-electron chi connectivity index (χ2n) is 2.91. The molecule has 5 heteroatoms. The molecule has 14 heavy (non-hydrogen) atoms. The molecule has 0 saturated carbocycles. The fourth-order valence-electron chi connectivity index (χ4n) is 1.38. The van der Waals surface area contributed by atoms with Gasteiger partial charge in [-0.3, -0.25) is 5.10 Å². The van der Waals surface area contributed by atoms with E-state index in [2.05, 4.69) is 20.4 Å². The summed E-state index contributed by atoms with van der Waals surface area (Å²) < 4.78 is 4.99. The summed E-state index contributed by atoms with van der Waals surface area (Å²) in [4.78, 5) is 0. The van der Waals surface area contributed by atoms with Crippen LogP contribution in [0.1, 0.15) is 0 Å². The minimum atomic E-state index is 0.758. The molecule has 0 atom stereocenters. The molecule has 3 aromatic heterocycles. The Labute approximate surface area is 78.8 Å². The Hall–Kier alpha value is -2.17. The highest BCUT2D eigenvalue weighted by molar-refractivity contribution is 5.89. The first-order valence-electron chi connectivity index (χ1n) is 4.12. The molecule has 68 valence electrons. The van der Waals surface area contributed by atoms with Crippen LogP contribution in [-0.2, 0) is 0 Å². The molecule has 0 saturated heterocycles. The summed E-state index contributed by atoms with van der Waals surface area (Å²) >= 11 is 0. The van der Waals surface area contributed by atoms with E-state index in [0.717, 1.165) is 22.2 Å². The van der Waals surface area contributed by atoms with Crippen molar-refractivity contribution in [2.75, 3.05) is 0 Å². The van der Waals surface area contributed by atoms with Crippen molar-refractivity contribution in [3.8, 4) is 11.3 Å². The van der Waals surface area contributed by atoms with Crippen LogP contribution in [0.15, 0.2) is 35.4 Å². The van der Waals surface area contributed by atoms with Gasteiger partial charge < -0.3 is 4.42 Å². The molecule has 3 rings (SSSR count). The molecule has 0 fully saturated rings. The van der Waals surface area contributed by atoms with Gasteiger partial charge in [-0.1, -0.05) is 0 Å². The standard InChI is InChI=1S/C9H6N4O/c1-2-14-5-6(1)8-9-7(3-10-12-8)4-11-13-9/h1-5H,(H,11,13). The van der Waals surface area contributed by atoms with Crippen LogP contribution < -0.4 is 0 Å².